The van der Waals surface area contributed by atoms with Crippen LogP contribution in [0.2, 0.25) is 0 Å². The van der Waals surface area contributed by atoms with Gasteiger partial charge in [0.2, 0.25) is 5.95 Å². The predicted octanol–water partition coefficient (Wildman–Crippen LogP) is 4.87. The zero-order valence-corrected chi connectivity index (χ0v) is 21.9. The summed E-state index contributed by atoms with van der Waals surface area (Å²) in [5.41, 5.74) is 3.38. The third-order valence-corrected chi connectivity index (χ3v) is 6.85. The number of hydrogen-bond donors (Lipinski definition) is 3. The summed E-state index contributed by atoms with van der Waals surface area (Å²) in [6, 6.07) is 14.8. The molecule has 4 rings (SSSR count). The molecule has 192 valence electrons. The van der Waals surface area contributed by atoms with E-state index in [-0.39, 0.29) is 0 Å². The van der Waals surface area contributed by atoms with Crippen LogP contribution in [0.15, 0.2) is 42.5 Å². The third kappa shape index (κ3) is 6.23. The Morgan fingerprint density at radius 2 is 1.92 bits per heavy atom. The summed E-state index contributed by atoms with van der Waals surface area (Å²) in [7, 11) is 5.91. The molecule has 1 atom stereocenters. The van der Waals surface area contributed by atoms with Crippen LogP contribution in [0.4, 0.5) is 17.5 Å². The van der Waals surface area contributed by atoms with Crippen LogP contribution in [0.3, 0.4) is 0 Å². The summed E-state index contributed by atoms with van der Waals surface area (Å²) in [5, 5.41) is 15.5. The van der Waals surface area contributed by atoms with Crippen LogP contribution in [0.1, 0.15) is 31.7 Å². The van der Waals surface area contributed by atoms with Crippen LogP contribution in [0, 0.1) is 11.3 Å². The summed E-state index contributed by atoms with van der Waals surface area (Å²) in [4.78, 5) is 14.2. The van der Waals surface area contributed by atoms with E-state index in [9.17, 15) is 0 Å². The van der Waals surface area contributed by atoms with Gasteiger partial charge in [0.1, 0.15) is 11.6 Å². The molecule has 0 radical (unpaired) electrons. The molecule has 1 aliphatic heterocycles. The lowest BCUT2D eigenvalue weighted by molar-refractivity contribution is 0.209. The Hall–Kier alpha value is -3.39. The predicted molar refractivity (Wildman–Crippen MR) is 150 cm³/mol. The van der Waals surface area contributed by atoms with Crippen molar-refractivity contribution in [1.29, 1.82) is 5.41 Å². The lowest BCUT2D eigenvalue weighted by atomic mass is 10.0. The maximum Gasteiger partial charge on any atom is 0.225 e. The van der Waals surface area contributed by atoms with Gasteiger partial charge < -0.3 is 25.7 Å². The zero-order chi connectivity index (χ0) is 25.5. The van der Waals surface area contributed by atoms with Crippen LogP contribution in [-0.2, 0) is 6.54 Å². The van der Waals surface area contributed by atoms with Gasteiger partial charge in [0, 0.05) is 63.0 Å². The number of benzene rings is 2. The topological polar surface area (TPSA) is 89.4 Å². The van der Waals surface area contributed by atoms with E-state index in [2.05, 4.69) is 65.7 Å². The monoisotopic (exact) mass is 489 g/mol. The molecule has 0 saturated carbocycles. The Morgan fingerprint density at radius 3 is 2.64 bits per heavy atom. The standard InChI is InChI=1S/C28H39N7O/c1-20(12-15-29)18-30-28-32-24-9-6-5-8-22(24)27(33-28)31-21-13-16-35(17-14-21)19-23-25(34(2)3)10-7-11-26(23)36-4/h5-11,15,20-21,29H,12-14,16-19H2,1-4H3,(H2,30,31,32,33). The summed E-state index contributed by atoms with van der Waals surface area (Å²) in [6.45, 7) is 5.76. The first-order chi connectivity index (χ1) is 17.5. The first-order valence-electron chi connectivity index (χ1n) is 12.8. The van der Waals surface area contributed by atoms with E-state index in [1.807, 2.05) is 18.2 Å². The fourth-order valence-corrected chi connectivity index (χ4v) is 4.79. The van der Waals surface area contributed by atoms with Crippen molar-refractivity contribution in [1.82, 2.24) is 14.9 Å². The molecule has 0 aliphatic carbocycles. The van der Waals surface area contributed by atoms with Gasteiger partial charge in [-0.3, -0.25) is 4.90 Å². The molecule has 1 saturated heterocycles. The van der Waals surface area contributed by atoms with E-state index in [4.69, 9.17) is 20.1 Å². The Balaban J connectivity index is 1.43. The molecule has 1 unspecified atom stereocenters. The minimum atomic E-state index is 0.356. The highest BCUT2D eigenvalue weighted by molar-refractivity contribution is 5.90. The van der Waals surface area contributed by atoms with Gasteiger partial charge in [-0.2, -0.15) is 4.98 Å². The maximum absolute atomic E-state index is 7.32. The van der Waals surface area contributed by atoms with Gasteiger partial charge in [0.15, 0.2) is 0 Å². The molecule has 36 heavy (non-hydrogen) atoms. The number of aromatic nitrogens is 2. The third-order valence-electron chi connectivity index (χ3n) is 6.85. The van der Waals surface area contributed by atoms with E-state index < -0.39 is 0 Å². The lowest BCUT2D eigenvalue weighted by Gasteiger charge is -2.34. The van der Waals surface area contributed by atoms with Crippen molar-refractivity contribution >= 4 is 34.6 Å². The number of nitrogens with zero attached hydrogens (tertiary/aromatic N) is 4. The molecule has 0 spiro atoms. The van der Waals surface area contributed by atoms with Gasteiger partial charge >= 0.3 is 0 Å². The average molecular weight is 490 g/mol. The number of fused-ring (bicyclic) bond motifs is 1. The number of methoxy groups -OCH3 is 1. The van der Waals surface area contributed by atoms with Gasteiger partial charge in [-0.25, -0.2) is 4.98 Å². The van der Waals surface area contributed by atoms with Crippen molar-refractivity contribution in [3.05, 3.63) is 48.0 Å². The largest absolute Gasteiger partial charge is 0.496 e. The fourth-order valence-electron chi connectivity index (χ4n) is 4.79. The zero-order valence-electron chi connectivity index (χ0n) is 21.9. The first kappa shape index (κ1) is 25.7. The Kier molecular flexibility index (Phi) is 8.59. The Labute approximate surface area is 214 Å². The number of hydrogen-bond acceptors (Lipinski definition) is 8. The van der Waals surface area contributed by atoms with Crippen LogP contribution in [0.5, 0.6) is 5.75 Å². The van der Waals surface area contributed by atoms with E-state index in [0.717, 1.165) is 67.9 Å². The quantitative estimate of drug-likeness (QED) is 0.331. The molecule has 1 fully saturated rings. The van der Waals surface area contributed by atoms with Crippen molar-refractivity contribution in [2.75, 3.05) is 56.4 Å². The molecule has 8 nitrogen and oxygen atoms in total. The second-order valence-corrected chi connectivity index (χ2v) is 9.89. The second-order valence-electron chi connectivity index (χ2n) is 9.89. The normalized spacial score (nSPS) is 15.4. The fraction of sp³-hybridized carbons (Fsp3) is 0.464. The molecule has 2 aromatic carbocycles. The summed E-state index contributed by atoms with van der Waals surface area (Å²) in [5.74, 6) is 2.83. The molecule has 3 N–H and O–H groups in total. The maximum atomic E-state index is 7.32. The number of nitrogens with one attached hydrogen (secondary N) is 3. The lowest BCUT2D eigenvalue weighted by Crippen LogP contribution is -2.39. The van der Waals surface area contributed by atoms with E-state index in [1.165, 1.54) is 17.5 Å². The molecule has 3 aromatic rings. The van der Waals surface area contributed by atoms with Crippen LogP contribution in [-0.4, -0.2) is 68.0 Å². The highest BCUT2D eigenvalue weighted by Gasteiger charge is 2.23. The van der Waals surface area contributed by atoms with Gasteiger partial charge in [0.25, 0.3) is 0 Å². The van der Waals surface area contributed by atoms with E-state index >= 15 is 0 Å². The molecule has 2 heterocycles. The second kappa shape index (κ2) is 12.0. The smallest absolute Gasteiger partial charge is 0.225 e. The molecular formula is C28H39N7O. The van der Waals surface area contributed by atoms with E-state index in [0.29, 0.717) is 17.9 Å². The number of rotatable bonds is 11. The van der Waals surface area contributed by atoms with Crippen LogP contribution in [0.25, 0.3) is 10.9 Å². The number of ether oxygens (including phenoxy) is 1. The number of para-hydroxylation sites is 1. The molecule has 0 amide bonds. The van der Waals surface area contributed by atoms with Gasteiger partial charge in [-0.05, 0) is 55.7 Å². The minimum Gasteiger partial charge on any atom is -0.496 e. The SMILES string of the molecule is COc1cccc(N(C)C)c1CN1CCC(Nc2nc(NCC(C)CC=N)nc3ccccc23)CC1. The van der Waals surface area contributed by atoms with Gasteiger partial charge in [-0.1, -0.05) is 25.1 Å². The van der Waals surface area contributed by atoms with E-state index in [1.54, 1.807) is 7.11 Å². The van der Waals surface area contributed by atoms with Crippen molar-refractivity contribution < 1.29 is 4.74 Å². The number of anilines is 3. The van der Waals surface area contributed by atoms with Crippen molar-refractivity contribution in [3.63, 3.8) is 0 Å². The van der Waals surface area contributed by atoms with Gasteiger partial charge in [0.05, 0.1) is 12.6 Å². The van der Waals surface area contributed by atoms with Crippen molar-refractivity contribution in [3.8, 4) is 5.75 Å². The molecule has 1 aliphatic rings. The number of piperidine rings is 1. The van der Waals surface area contributed by atoms with Gasteiger partial charge in [-0.15, -0.1) is 0 Å². The van der Waals surface area contributed by atoms with Crippen LogP contribution >= 0.6 is 0 Å². The molecule has 1 aromatic heterocycles. The highest BCUT2D eigenvalue weighted by atomic mass is 16.5. The number of likely N-dealkylation sites (tertiary alicyclic amines) is 1. The molecule has 8 heteroatoms. The van der Waals surface area contributed by atoms with Crippen molar-refractivity contribution in [2.24, 2.45) is 5.92 Å². The van der Waals surface area contributed by atoms with Crippen molar-refractivity contribution in [2.45, 2.75) is 38.8 Å². The summed E-state index contributed by atoms with van der Waals surface area (Å²) < 4.78 is 5.68. The summed E-state index contributed by atoms with van der Waals surface area (Å²) in [6.07, 6.45) is 4.30. The average Bonchev–Trinajstić information content (AvgIpc) is 2.88. The molecule has 0 bridgehead atoms. The first-order valence-corrected chi connectivity index (χ1v) is 12.8. The molecular weight excluding hydrogens is 450 g/mol. The minimum absolute atomic E-state index is 0.356. The van der Waals surface area contributed by atoms with Crippen LogP contribution < -0.4 is 20.3 Å². The highest BCUT2D eigenvalue weighted by Crippen LogP contribution is 2.31. The Morgan fingerprint density at radius 1 is 1.14 bits per heavy atom. The summed E-state index contributed by atoms with van der Waals surface area (Å²) >= 11 is 0. The Bertz CT molecular complexity index is 1160.